The van der Waals surface area contributed by atoms with Crippen LogP contribution in [0.5, 0.6) is 0 Å². The molecule has 0 saturated heterocycles. The molecule has 0 fully saturated rings. The summed E-state index contributed by atoms with van der Waals surface area (Å²) in [6.07, 6.45) is 0.794. The number of carboxylic acids is 1. The molecule has 1 N–H and O–H groups in total. The summed E-state index contributed by atoms with van der Waals surface area (Å²) in [4.78, 5) is 10.8. The molecule has 0 aromatic heterocycles. The number of hydrogen-bond donors (Lipinski definition) is 1. The zero-order chi connectivity index (χ0) is 14.8. The monoisotopic (exact) mass is 262 g/mol. The van der Waals surface area contributed by atoms with Crippen molar-refractivity contribution in [1.29, 1.82) is 0 Å². The predicted molar refractivity (Wildman–Crippen MR) is 79.8 cm³/mol. The van der Waals surface area contributed by atoms with Crippen molar-refractivity contribution < 1.29 is 9.90 Å². The van der Waals surface area contributed by atoms with Gasteiger partial charge in [0.2, 0.25) is 0 Å². The third-order valence-electron chi connectivity index (χ3n) is 3.32. The molecule has 0 saturated carbocycles. The van der Waals surface area contributed by atoms with Crippen molar-refractivity contribution in [2.45, 2.75) is 65.2 Å². The van der Waals surface area contributed by atoms with Crippen LogP contribution in [0.15, 0.2) is 18.2 Å². The van der Waals surface area contributed by atoms with Crippen molar-refractivity contribution in [3.05, 3.63) is 34.9 Å². The molecule has 1 aromatic rings. The summed E-state index contributed by atoms with van der Waals surface area (Å²) >= 11 is 0. The van der Waals surface area contributed by atoms with E-state index in [1.807, 2.05) is 6.07 Å². The van der Waals surface area contributed by atoms with Gasteiger partial charge in [-0.15, -0.1) is 0 Å². The fraction of sp³-hybridized carbons (Fsp3) is 0.588. The highest BCUT2D eigenvalue weighted by atomic mass is 16.4. The van der Waals surface area contributed by atoms with Gasteiger partial charge < -0.3 is 5.11 Å². The van der Waals surface area contributed by atoms with Crippen molar-refractivity contribution in [3.63, 3.8) is 0 Å². The summed E-state index contributed by atoms with van der Waals surface area (Å²) in [5.41, 5.74) is 3.90. The number of rotatable bonds is 3. The van der Waals surface area contributed by atoms with Crippen LogP contribution in [0.1, 0.15) is 64.7 Å². The van der Waals surface area contributed by atoms with Gasteiger partial charge in [-0.05, 0) is 33.9 Å². The van der Waals surface area contributed by atoms with Crippen LogP contribution >= 0.6 is 0 Å². The van der Waals surface area contributed by atoms with Crippen molar-refractivity contribution in [3.8, 4) is 0 Å². The molecule has 2 heteroatoms. The standard InChI is InChI=1S/C17H26O2/c1-16(2,3)13-9-7-8-12(10-11-14(18)19)15(13)17(4,5)6/h7-9H,10-11H2,1-6H3,(H,18,19). The van der Waals surface area contributed by atoms with Crippen LogP contribution in [0, 0.1) is 0 Å². The topological polar surface area (TPSA) is 37.3 Å². The van der Waals surface area contributed by atoms with E-state index < -0.39 is 5.97 Å². The average Bonchev–Trinajstić information content (AvgIpc) is 2.23. The first-order valence-corrected chi connectivity index (χ1v) is 6.88. The average molecular weight is 262 g/mol. The minimum Gasteiger partial charge on any atom is -0.481 e. The first kappa shape index (κ1) is 15.7. The first-order valence-electron chi connectivity index (χ1n) is 6.88. The lowest BCUT2D eigenvalue weighted by Gasteiger charge is -2.32. The molecule has 0 aliphatic heterocycles. The normalized spacial score (nSPS) is 12.5. The molecule has 0 radical (unpaired) electrons. The summed E-state index contributed by atoms with van der Waals surface area (Å²) in [6, 6.07) is 6.29. The van der Waals surface area contributed by atoms with E-state index in [2.05, 4.69) is 53.7 Å². The maximum absolute atomic E-state index is 10.8. The van der Waals surface area contributed by atoms with E-state index in [1.54, 1.807) is 0 Å². The lowest BCUT2D eigenvalue weighted by atomic mass is 9.72. The van der Waals surface area contributed by atoms with E-state index in [0.717, 1.165) is 0 Å². The number of carboxylic acid groups (broad SMARTS) is 1. The molecule has 106 valence electrons. The molecule has 1 aromatic carbocycles. The molecule has 0 heterocycles. The Morgan fingerprint density at radius 1 is 1.05 bits per heavy atom. The maximum Gasteiger partial charge on any atom is 0.303 e. The highest BCUT2D eigenvalue weighted by Gasteiger charge is 2.27. The minimum atomic E-state index is -0.735. The second-order valence-corrected chi connectivity index (χ2v) is 7.23. The van der Waals surface area contributed by atoms with E-state index >= 15 is 0 Å². The Morgan fingerprint density at radius 2 is 1.63 bits per heavy atom. The summed E-state index contributed by atoms with van der Waals surface area (Å²) in [5.74, 6) is -0.735. The lowest BCUT2D eigenvalue weighted by Crippen LogP contribution is -2.24. The molecule has 0 spiro atoms. The Hall–Kier alpha value is -1.31. The van der Waals surface area contributed by atoms with E-state index in [-0.39, 0.29) is 17.3 Å². The largest absolute Gasteiger partial charge is 0.481 e. The fourth-order valence-electron chi connectivity index (χ4n) is 2.56. The van der Waals surface area contributed by atoms with Crippen molar-refractivity contribution in [2.75, 3.05) is 0 Å². The fourth-order valence-corrected chi connectivity index (χ4v) is 2.56. The molecule has 1 rings (SSSR count). The molecule has 0 aliphatic rings. The van der Waals surface area contributed by atoms with Crippen LogP contribution in [-0.2, 0) is 22.0 Å². The zero-order valence-corrected chi connectivity index (χ0v) is 13.0. The smallest absolute Gasteiger partial charge is 0.303 e. The van der Waals surface area contributed by atoms with Gasteiger partial charge in [-0.3, -0.25) is 4.79 Å². The van der Waals surface area contributed by atoms with E-state index in [1.165, 1.54) is 16.7 Å². The predicted octanol–water partition coefficient (Wildman–Crippen LogP) is 4.30. The van der Waals surface area contributed by atoms with Gasteiger partial charge in [0.25, 0.3) is 0 Å². The molecule has 2 nitrogen and oxygen atoms in total. The molecular weight excluding hydrogens is 236 g/mol. The van der Waals surface area contributed by atoms with Crippen LogP contribution in [0.2, 0.25) is 0 Å². The molecule has 0 aliphatic carbocycles. The van der Waals surface area contributed by atoms with E-state index in [4.69, 9.17) is 5.11 Å². The molecule has 0 bridgehead atoms. The number of carbonyl (C=O) groups is 1. The number of aliphatic carboxylic acids is 1. The zero-order valence-electron chi connectivity index (χ0n) is 13.0. The van der Waals surface area contributed by atoms with Gasteiger partial charge in [-0.2, -0.15) is 0 Å². The maximum atomic E-state index is 10.8. The Balaban J connectivity index is 3.35. The SMILES string of the molecule is CC(C)(C)c1cccc(CCC(=O)O)c1C(C)(C)C. The van der Waals surface area contributed by atoms with Gasteiger partial charge in [0.1, 0.15) is 0 Å². The minimum absolute atomic E-state index is 0.0255. The highest BCUT2D eigenvalue weighted by Crippen LogP contribution is 2.36. The van der Waals surface area contributed by atoms with Crippen LogP contribution in [0.4, 0.5) is 0 Å². The molecule has 19 heavy (non-hydrogen) atoms. The molecule has 0 atom stereocenters. The highest BCUT2D eigenvalue weighted by molar-refractivity contribution is 5.67. The van der Waals surface area contributed by atoms with Crippen LogP contribution in [-0.4, -0.2) is 11.1 Å². The summed E-state index contributed by atoms with van der Waals surface area (Å²) in [5, 5.41) is 8.90. The van der Waals surface area contributed by atoms with Crippen molar-refractivity contribution >= 4 is 5.97 Å². The molecule has 0 amide bonds. The number of hydrogen-bond acceptors (Lipinski definition) is 1. The molecular formula is C17H26O2. The van der Waals surface area contributed by atoms with Gasteiger partial charge in [0.05, 0.1) is 0 Å². The summed E-state index contributed by atoms with van der Waals surface area (Å²) in [6.45, 7) is 13.2. The van der Waals surface area contributed by atoms with Crippen molar-refractivity contribution in [2.24, 2.45) is 0 Å². The first-order chi connectivity index (χ1) is 8.53. The van der Waals surface area contributed by atoms with E-state index in [9.17, 15) is 4.79 Å². The Labute approximate surface area is 116 Å². The lowest BCUT2D eigenvalue weighted by molar-refractivity contribution is -0.136. The quantitative estimate of drug-likeness (QED) is 0.882. The second-order valence-electron chi connectivity index (χ2n) is 7.23. The number of aryl methyl sites for hydroxylation is 1. The van der Waals surface area contributed by atoms with Gasteiger partial charge in [-0.25, -0.2) is 0 Å². The third kappa shape index (κ3) is 4.09. The second kappa shape index (κ2) is 5.36. The van der Waals surface area contributed by atoms with Crippen molar-refractivity contribution in [1.82, 2.24) is 0 Å². The Morgan fingerprint density at radius 3 is 2.05 bits per heavy atom. The Kier molecular flexibility index (Phi) is 4.44. The summed E-state index contributed by atoms with van der Waals surface area (Å²) in [7, 11) is 0. The van der Waals surface area contributed by atoms with Gasteiger partial charge in [0.15, 0.2) is 0 Å². The van der Waals surface area contributed by atoms with Gasteiger partial charge >= 0.3 is 5.97 Å². The third-order valence-corrected chi connectivity index (χ3v) is 3.32. The molecule has 0 unspecified atom stereocenters. The summed E-state index contributed by atoms with van der Waals surface area (Å²) < 4.78 is 0. The van der Waals surface area contributed by atoms with Gasteiger partial charge in [-0.1, -0.05) is 59.7 Å². The van der Waals surface area contributed by atoms with Crippen LogP contribution in [0.3, 0.4) is 0 Å². The van der Waals surface area contributed by atoms with Crippen LogP contribution in [0.25, 0.3) is 0 Å². The van der Waals surface area contributed by atoms with Crippen LogP contribution < -0.4 is 0 Å². The van der Waals surface area contributed by atoms with Gasteiger partial charge in [0, 0.05) is 6.42 Å². The Bertz CT molecular complexity index is 459. The number of benzene rings is 1. The van der Waals surface area contributed by atoms with E-state index in [0.29, 0.717) is 6.42 Å².